The summed E-state index contributed by atoms with van der Waals surface area (Å²) in [6, 6.07) is 12.9. The molecular formula is C24H28N2O7. The summed E-state index contributed by atoms with van der Waals surface area (Å²) >= 11 is 0. The van der Waals surface area contributed by atoms with Crippen LogP contribution < -0.4 is 15.4 Å². The van der Waals surface area contributed by atoms with Gasteiger partial charge in [-0.1, -0.05) is 13.8 Å². The molecule has 0 fully saturated rings. The van der Waals surface area contributed by atoms with Crippen molar-refractivity contribution in [2.24, 2.45) is 5.92 Å². The van der Waals surface area contributed by atoms with Crippen LogP contribution in [0.15, 0.2) is 48.5 Å². The van der Waals surface area contributed by atoms with Crippen molar-refractivity contribution in [3.63, 3.8) is 0 Å². The number of nitrogens with one attached hydrogen (secondary N) is 2. The Kier molecular flexibility index (Phi) is 9.88. The topological polar surface area (TPSA) is 120 Å². The van der Waals surface area contributed by atoms with E-state index < -0.39 is 24.5 Å². The van der Waals surface area contributed by atoms with Gasteiger partial charge in [0, 0.05) is 17.8 Å². The van der Waals surface area contributed by atoms with E-state index in [4.69, 9.17) is 14.2 Å². The van der Waals surface area contributed by atoms with Crippen molar-refractivity contribution >= 4 is 35.1 Å². The van der Waals surface area contributed by atoms with Crippen molar-refractivity contribution in [2.75, 3.05) is 31.0 Å². The van der Waals surface area contributed by atoms with E-state index in [2.05, 4.69) is 10.6 Å². The molecule has 0 aliphatic heterocycles. The lowest BCUT2D eigenvalue weighted by Crippen LogP contribution is -2.21. The number of anilines is 2. The first-order valence-electron chi connectivity index (χ1n) is 10.4. The molecule has 176 valence electrons. The van der Waals surface area contributed by atoms with Crippen LogP contribution in [0.1, 0.15) is 37.0 Å². The molecule has 0 atom stereocenters. The SMILES string of the molecule is COc1ccc(NC(=O)CCC(=O)OCC(=O)Nc2ccc(C(=O)OCC(C)C)cc2)cc1. The molecule has 2 amide bonds. The standard InChI is InChI=1S/C24H28N2O7/c1-16(2)14-33-24(30)17-4-6-18(7-5-17)26-22(28)15-32-23(29)13-12-21(27)25-19-8-10-20(31-3)11-9-19/h4-11,16H,12-15H2,1-3H3,(H,25,27)(H,26,28). The van der Waals surface area contributed by atoms with E-state index in [9.17, 15) is 19.2 Å². The van der Waals surface area contributed by atoms with Crippen molar-refractivity contribution < 1.29 is 33.4 Å². The fraction of sp³-hybridized carbons (Fsp3) is 0.333. The highest BCUT2D eigenvalue weighted by molar-refractivity contribution is 5.95. The lowest BCUT2D eigenvalue weighted by molar-refractivity contribution is -0.147. The number of hydrogen-bond donors (Lipinski definition) is 2. The van der Waals surface area contributed by atoms with E-state index in [1.165, 1.54) is 12.1 Å². The Morgan fingerprint density at radius 2 is 1.36 bits per heavy atom. The maximum atomic E-state index is 12.0. The van der Waals surface area contributed by atoms with Crippen LogP contribution in [-0.2, 0) is 23.9 Å². The molecule has 0 aromatic heterocycles. The molecule has 0 saturated carbocycles. The largest absolute Gasteiger partial charge is 0.497 e. The number of carbonyl (C=O) groups is 4. The summed E-state index contributed by atoms with van der Waals surface area (Å²) in [6.45, 7) is 3.72. The number of ether oxygens (including phenoxy) is 3. The molecule has 0 radical (unpaired) electrons. The Bertz CT molecular complexity index is 954. The quantitative estimate of drug-likeness (QED) is 0.497. The van der Waals surface area contributed by atoms with Gasteiger partial charge in [0.2, 0.25) is 5.91 Å². The maximum absolute atomic E-state index is 12.0. The molecule has 0 unspecified atom stereocenters. The monoisotopic (exact) mass is 456 g/mol. The van der Waals surface area contributed by atoms with E-state index >= 15 is 0 Å². The molecular weight excluding hydrogens is 428 g/mol. The highest BCUT2D eigenvalue weighted by Gasteiger charge is 2.12. The van der Waals surface area contributed by atoms with Gasteiger partial charge in [-0.05, 0) is 54.4 Å². The lowest BCUT2D eigenvalue weighted by atomic mass is 10.2. The van der Waals surface area contributed by atoms with Crippen LogP contribution in [0.2, 0.25) is 0 Å². The molecule has 0 aliphatic carbocycles. The van der Waals surface area contributed by atoms with Crippen LogP contribution in [0.25, 0.3) is 0 Å². The second-order valence-corrected chi connectivity index (χ2v) is 7.56. The number of amides is 2. The second-order valence-electron chi connectivity index (χ2n) is 7.56. The number of carbonyl (C=O) groups excluding carboxylic acids is 4. The van der Waals surface area contributed by atoms with Crippen molar-refractivity contribution in [2.45, 2.75) is 26.7 Å². The zero-order valence-corrected chi connectivity index (χ0v) is 18.9. The zero-order valence-electron chi connectivity index (χ0n) is 18.9. The van der Waals surface area contributed by atoms with Crippen molar-refractivity contribution in [1.29, 1.82) is 0 Å². The fourth-order valence-corrected chi connectivity index (χ4v) is 2.54. The Morgan fingerprint density at radius 1 is 0.788 bits per heavy atom. The van der Waals surface area contributed by atoms with Crippen LogP contribution in [0, 0.1) is 5.92 Å². The molecule has 0 saturated heterocycles. The first-order chi connectivity index (χ1) is 15.8. The van der Waals surface area contributed by atoms with E-state index in [1.54, 1.807) is 43.5 Å². The third kappa shape index (κ3) is 9.42. The Labute approximate surface area is 192 Å². The van der Waals surface area contributed by atoms with Crippen LogP contribution in [0.3, 0.4) is 0 Å². The van der Waals surface area contributed by atoms with Gasteiger partial charge in [-0.15, -0.1) is 0 Å². The van der Waals surface area contributed by atoms with Gasteiger partial charge in [-0.3, -0.25) is 14.4 Å². The molecule has 0 bridgehead atoms. The molecule has 9 heteroatoms. The summed E-state index contributed by atoms with van der Waals surface area (Å²) in [6.07, 6.45) is -0.247. The third-order valence-corrected chi connectivity index (χ3v) is 4.25. The second kappa shape index (κ2) is 12.8. The average molecular weight is 456 g/mol. The van der Waals surface area contributed by atoms with Gasteiger partial charge in [-0.2, -0.15) is 0 Å². The molecule has 33 heavy (non-hydrogen) atoms. The van der Waals surface area contributed by atoms with Gasteiger partial charge in [0.05, 0.1) is 25.7 Å². The summed E-state index contributed by atoms with van der Waals surface area (Å²) in [4.78, 5) is 47.6. The molecule has 0 aliphatic rings. The van der Waals surface area contributed by atoms with Crippen molar-refractivity contribution in [3.8, 4) is 5.75 Å². The molecule has 2 rings (SSSR count). The van der Waals surface area contributed by atoms with Crippen molar-refractivity contribution in [1.82, 2.24) is 0 Å². The number of benzene rings is 2. The minimum atomic E-state index is -0.668. The van der Waals surface area contributed by atoms with Gasteiger partial charge in [0.1, 0.15) is 5.75 Å². The van der Waals surface area contributed by atoms with E-state index in [1.807, 2.05) is 13.8 Å². The first kappa shape index (κ1) is 25.4. The number of rotatable bonds is 11. The normalized spacial score (nSPS) is 10.3. The minimum Gasteiger partial charge on any atom is -0.497 e. The van der Waals surface area contributed by atoms with Crippen LogP contribution in [0.5, 0.6) is 5.75 Å². The Balaban J connectivity index is 1.68. The third-order valence-electron chi connectivity index (χ3n) is 4.25. The summed E-state index contributed by atoms with van der Waals surface area (Å²) < 4.78 is 15.1. The molecule has 2 N–H and O–H groups in total. The predicted octanol–water partition coefficient (Wildman–Crippen LogP) is 3.41. The van der Waals surface area contributed by atoms with Crippen LogP contribution >= 0.6 is 0 Å². The van der Waals surface area contributed by atoms with Crippen LogP contribution in [-0.4, -0.2) is 44.1 Å². The molecule has 9 nitrogen and oxygen atoms in total. The van der Waals surface area contributed by atoms with E-state index in [0.717, 1.165) is 0 Å². The molecule has 0 heterocycles. The van der Waals surface area contributed by atoms with Crippen molar-refractivity contribution in [3.05, 3.63) is 54.1 Å². The van der Waals surface area contributed by atoms with Crippen LogP contribution in [0.4, 0.5) is 11.4 Å². The van der Waals surface area contributed by atoms with E-state index in [-0.39, 0.29) is 24.7 Å². The molecule has 2 aromatic carbocycles. The predicted molar refractivity (Wildman–Crippen MR) is 122 cm³/mol. The van der Waals surface area contributed by atoms with Gasteiger partial charge >= 0.3 is 11.9 Å². The van der Waals surface area contributed by atoms with Gasteiger partial charge in [0.15, 0.2) is 6.61 Å². The Morgan fingerprint density at radius 3 is 1.94 bits per heavy atom. The number of methoxy groups -OCH3 is 1. The Hall–Kier alpha value is -3.88. The fourth-order valence-electron chi connectivity index (χ4n) is 2.54. The lowest BCUT2D eigenvalue weighted by Gasteiger charge is -2.09. The number of esters is 2. The molecule has 0 spiro atoms. The summed E-state index contributed by atoms with van der Waals surface area (Å²) in [7, 11) is 1.54. The summed E-state index contributed by atoms with van der Waals surface area (Å²) in [5.41, 5.74) is 1.39. The smallest absolute Gasteiger partial charge is 0.338 e. The first-order valence-corrected chi connectivity index (χ1v) is 10.4. The highest BCUT2D eigenvalue weighted by atomic mass is 16.5. The van der Waals surface area contributed by atoms with Gasteiger partial charge < -0.3 is 24.8 Å². The highest BCUT2D eigenvalue weighted by Crippen LogP contribution is 2.15. The maximum Gasteiger partial charge on any atom is 0.338 e. The van der Waals surface area contributed by atoms with E-state index in [0.29, 0.717) is 29.3 Å². The zero-order chi connectivity index (χ0) is 24.2. The van der Waals surface area contributed by atoms with Gasteiger partial charge in [-0.25, -0.2) is 4.79 Å². The summed E-state index contributed by atoms with van der Waals surface area (Å²) in [5, 5.41) is 5.22. The minimum absolute atomic E-state index is 0.0825. The van der Waals surface area contributed by atoms with Gasteiger partial charge in [0.25, 0.3) is 5.91 Å². The molecule has 2 aromatic rings. The number of hydrogen-bond acceptors (Lipinski definition) is 7. The average Bonchev–Trinajstić information content (AvgIpc) is 2.80. The summed E-state index contributed by atoms with van der Waals surface area (Å²) in [5.74, 6) is -1.10.